The molecule has 4 aliphatic heterocycles. The number of piperazine rings is 1. The van der Waals surface area contributed by atoms with Crippen molar-refractivity contribution in [3.05, 3.63) is 52.7 Å². The fourth-order valence-corrected chi connectivity index (χ4v) is 7.70. The number of likely N-dealkylation sites (tertiary alicyclic amines) is 1. The van der Waals surface area contributed by atoms with Gasteiger partial charge in [-0.05, 0) is 69.1 Å². The first-order chi connectivity index (χ1) is 19.6. The largest absolute Gasteiger partial charge is 0.462 e. The molecule has 1 aromatic heterocycles. The third kappa shape index (κ3) is 4.89. The van der Waals surface area contributed by atoms with E-state index >= 15 is 0 Å². The summed E-state index contributed by atoms with van der Waals surface area (Å²) in [5.74, 6) is 1.55. The van der Waals surface area contributed by atoms with E-state index in [0.29, 0.717) is 43.2 Å². The van der Waals surface area contributed by atoms with Crippen LogP contribution in [0, 0.1) is 5.92 Å². The van der Waals surface area contributed by atoms with Crippen LogP contribution in [0.1, 0.15) is 36.9 Å². The Bertz CT molecular complexity index is 1380. The number of hydrogen-bond donors (Lipinski definition) is 2. The SMILES string of the molecule is CN1CCC[C@H]1COc1nc2c(c(N3C[C@H]4CC(CCO)[C@@H](C3)N4)n1)CCN(c1cccc3cccc(Cl)c13)C2. The van der Waals surface area contributed by atoms with E-state index in [1.165, 1.54) is 12.0 Å². The molecule has 2 aromatic carbocycles. The van der Waals surface area contributed by atoms with Crippen LogP contribution in [0.4, 0.5) is 11.5 Å². The Morgan fingerprint density at radius 2 is 1.98 bits per heavy atom. The molecule has 9 heteroatoms. The number of rotatable bonds is 7. The second kappa shape index (κ2) is 11.0. The number of ether oxygens (including phenoxy) is 1. The summed E-state index contributed by atoms with van der Waals surface area (Å²) in [4.78, 5) is 17.4. The molecule has 5 heterocycles. The van der Waals surface area contributed by atoms with Gasteiger partial charge < -0.3 is 29.9 Å². The van der Waals surface area contributed by atoms with Gasteiger partial charge in [0, 0.05) is 61.0 Å². The molecule has 8 nitrogen and oxygen atoms in total. The van der Waals surface area contributed by atoms with Crippen LogP contribution in [-0.4, -0.2) is 84.5 Å². The number of aliphatic hydroxyl groups excluding tert-OH is 1. The van der Waals surface area contributed by atoms with Gasteiger partial charge in [-0.15, -0.1) is 0 Å². The number of halogens is 1. The van der Waals surface area contributed by atoms with Gasteiger partial charge in [-0.1, -0.05) is 35.9 Å². The van der Waals surface area contributed by atoms with Crippen LogP contribution in [0.2, 0.25) is 5.02 Å². The van der Waals surface area contributed by atoms with E-state index < -0.39 is 0 Å². The summed E-state index contributed by atoms with van der Waals surface area (Å²) in [6.07, 6.45) is 5.20. The third-order valence-corrected chi connectivity index (χ3v) is 9.85. The number of hydrogen-bond acceptors (Lipinski definition) is 8. The van der Waals surface area contributed by atoms with Gasteiger partial charge in [0.1, 0.15) is 12.4 Å². The van der Waals surface area contributed by atoms with Crippen LogP contribution in [0.5, 0.6) is 6.01 Å². The van der Waals surface area contributed by atoms with Crippen molar-refractivity contribution in [2.75, 3.05) is 56.2 Å². The van der Waals surface area contributed by atoms with E-state index in [9.17, 15) is 5.11 Å². The van der Waals surface area contributed by atoms with Gasteiger partial charge in [-0.25, -0.2) is 0 Å². The molecule has 3 aromatic rings. The minimum absolute atomic E-state index is 0.250. The second-order valence-electron chi connectivity index (χ2n) is 12.0. The second-order valence-corrected chi connectivity index (χ2v) is 12.4. The van der Waals surface area contributed by atoms with Crippen LogP contribution in [0.25, 0.3) is 10.8 Å². The number of anilines is 2. The zero-order valence-corrected chi connectivity index (χ0v) is 24.0. The van der Waals surface area contributed by atoms with Gasteiger partial charge in [0.15, 0.2) is 0 Å². The number of nitrogens with zero attached hydrogens (tertiary/aromatic N) is 5. The van der Waals surface area contributed by atoms with Crippen molar-refractivity contribution in [3.8, 4) is 6.01 Å². The Morgan fingerprint density at radius 1 is 1.10 bits per heavy atom. The Balaban J connectivity index is 1.22. The summed E-state index contributed by atoms with van der Waals surface area (Å²) in [5, 5.41) is 16.4. The number of fused-ring (bicyclic) bond motifs is 4. The maximum Gasteiger partial charge on any atom is 0.318 e. The van der Waals surface area contributed by atoms with Crippen LogP contribution in [0.3, 0.4) is 0 Å². The van der Waals surface area contributed by atoms with E-state index in [4.69, 9.17) is 26.3 Å². The van der Waals surface area contributed by atoms with Gasteiger partial charge >= 0.3 is 6.01 Å². The Hall–Kier alpha value is -2.65. The third-order valence-electron chi connectivity index (χ3n) is 9.54. The highest BCUT2D eigenvalue weighted by atomic mass is 35.5. The fraction of sp³-hybridized carbons (Fsp3) is 0.548. The molecule has 1 unspecified atom stereocenters. The molecular formula is C31H39ClN6O2. The van der Waals surface area contributed by atoms with Gasteiger partial charge in [0.2, 0.25) is 0 Å². The van der Waals surface area contributed by atoms with Crippen molar-refractivity contribution in [2.24, 2.45) is 5.92 Å². The topological polar surface area (TPSA) is 77.0 Å². The molecule has 3 fully saturated rings. The summed E-state index contributed by atoms with van der Waals surface area (Å²) >= 11 is 6.71. The number of benzene rings is 2. The predicted octanol–water partition coefficient (Wildman–Crippen LogP) is 3.87. The fourth-order valence-electron chi connectivity index (χ4n) is 7.42. The monoisotopic (exact) mass is 562 g/mol. The first kappa shape index (κ1) is 26.3. The number of likely N-dealkylation sites (N-methyl/N-ethyl adjacent to an activating group) is 1. The molecule has 0 amide bonds. The average Bonchev–Trinajstić information content (AvgIpc) is 3.51. The smallest absolute Gasteiger partial charge is 0.318 e. The normalized spacial score (nSPS) is 26.5. The molecule has 7 rings (SSSR count). The highest BCUT2D eigenvalue weighted by molar-refractivity contribution is 6.36. The molecule has 0 spiro atoms. The van der Waals surface area contributed by atoms with E-state index in [-0.39, 0.29) is 6.61 Å². The lowest BCUT2D eigenvalue weighted by atomic mass is 9.97. The molecule has 2 N–H and O–H groups in total. The number of aromatic nitrogens is 2. The zero-order chi connectivity index (χ0) is 27.2. The molecule has 0 aliphatic carbocycles. The summed E-state index contributed by atoms with van der Waals surface area (Å²) in [6, 6.07) is 14.2. The maximum absolute atomic E-state index is 9.60. The minimum Gasteiger partial charge on any atom is -0.462 e. The summed E-state index contributed by atoms with van der Waals surface area (Å²) in [6.45, 7) is 5.38. The predicted molar refractivity (Wildman–Crippen MR) is 160 cm³/mol. The van der Waals surface area contributed by atoms with Gasteiger partial charge in [-0.3, -0.25) is 0 Å². The lowest BCUT2D eigenvalue weighted by molar-refractivity contribution is 0.187. The number of nitrogens with one attached hydrogen (secondary N) is 1. The van der Waals surface area contributed by atoms with Crippen LogP contribution in [-0.2, 0) is 13.0 Å². The molecular weight excluding hydrogens is 524 g/mol. The standard InChI is InChI=1S/C31H39ClN6O2/c1-36-12-4-7-23(36)19-40-31-34-27-18-37(28-9-3-6-20-5-2-8-25(32)29(20)28)13-10-24(27)30(35-31)38-16-22-15-21(11-14-39)26(17-38)33-22/h2-3,5-6,8-9,21-23,26,33,39H,4,7,10-19H2,1H3/t21?,22-,23+,26-/m1/s1. The maximum atomic E-state index is 9.60. The van der Waals surface area contributed by atoms with Crippen molar-refractivity contribution >= 4 is 33.9 Å². The quantitative estimate of drug-likeness (QED) is 0.449. The average molecular weight is 563 g/mol. The Labute approximate surface area is 241 Å². The Kier molecular flexibility index (Phi) is 7.20. The lowest BCUT2D eigenvalue weighted by Gasteiger charge is -2.38. The molecule has 0 radical (unpaired) electrons. The van der Waals surface area contributed by atoms with E-state index in [1.54, 1.807) is 0 Å². The number of aliphatic hydroxyl groups is 1. The summed E-state index contributed by atoms with van der Waals surface area (Å²) < 4.78 is 6.34. The lowest BCUT2D eigenvalue weighted by Crippen LogP contribution is -2.53. The van der Waals surface area contributed by atoms with E-state index in [1.807, 2.05) is 12.1 Å². The van der Waals surface area contributed by atoms with Crippen LogP contribution in [0.15, 0.2) is 36.4 Å². The zero-order valence-electron chi connectivity index (χ0n) is 23.2. The van der Waals surface area contributed by atoms with E-state index in [0.717, 1.165) is 84.9 Å². The highest BCUT2D eigenvalue weighted by Gasteiger charge is 2.41. The highest BCUT2D eigenvalue weighted by Crippen LogP contribution is 2.38. The first-order valence-corrected chi connectivity index (χ1v) is 15.2. The molecule has 2 bridgehead atoms. The van der Waals surface area contributed by atoms with Gasteiger partial charge in [-0.2, -0.15) is 9.97 Å². The molecule has 3 saturated heterocycles. The van der Waals surface area contributed by atoms with Crippen LogP contribution >= 0.6 is 11.6 Å². The molecule has 4 aliphatic rings. The molecule has 0 saturated carbocycles. The molecule has 4 atom stereocenters. The van der Waals surface area contributed by atoms with Crippen molar-refractivity contribution in [3.63, 3.8) is 0 Å². The molecule has 212 valence electrons. The van der Waals surface area contributed by atoms with E-state index in [2.05, 4.69) is 51.3 Å². The molecule has 40 heavy (non-hydrogen) atoms. The Morgan fingerprint density at radius 3 is 2.80 bits per heavy atom. The van der Waals surface area contributed by atoms with Gasteiger partial charge in [0.25, 0.3) is 0 Å². The minimum atomic E-state index is 0.250. The van der Waals surface area contributed by atoms with Crippen LogP contribution < -0.4 is 19.9 Å². The van der Waals surface area contributed by atoms with Gasteiger partial charge in [0.05, 0.1) is 17.3 Å². The summed E-state index contributed by atoms with van der Waals surface area (Å²) in [5.41, 5.74) is 3.44. The summed E-state index contributed by atoms with van der Waals surface area (Å²) in [7, 11) is 2.17. The first-order valence-electron chi connectivity index (χ1n) is 14.8. The van der Waals surface area contributed by atoms with Crippen molar-refractivity contribution < 1.29 is 9.84 Å². The van der Waals surface area contributed by atoms with Crippen molar-refractivity contribution in [1.29, 1.82) is 0 Å². The van der Waals surface area contributed by atoms with Crippen molar-refractivity contribution in [1.82, 2.24) is 20.2 Å². The van der Waals surface area contributed by atoms with Crippen molar-refractivity contribution in [2.45, 2.75) is 56.8 Å².